The summed E-state index contributed by atoms with van der Waals surface area (Å²) in [5, 5.41) is 8.48. The van der Waals surface area contributed by atoms with Crippen molar-refractivity contribution in [2.75, 3.05) is 20.3 Å². The van der Waals surface area contributed by atoms with E-state index in [1.54, 1.807) is 0 Å². The predicted octanol–water partition coefficient (Wildman–Crippen LogP) is 1.68. The van der Waals surface area contributed by atoms with Gasteiger partial charge in [-0.15, -0.1) is 0 Å². The van der Waals surface area contributed by atoms with E-state index in [4.69, 9.17) is 9.84 Å². The zero-order chi connectivity index (χ0) is 11.5. The summed E-state index contributed by atoms with van der Waals surface area (Å²) in [5.41, 5.74) is -0.218. The minimum Gasteiger partial charge on any atom is -0.389 e. The first kappa shape index (κ1) is 12.6. The van der Waals surface area contributed by atoms with Crippen molar-refractivity contribution < 1.29 is 14.2 Å². The molecule has 1 atom stereocenters. The van der Waals surface area contributed by atoms with Crippen LogP contribution in [0.3, 0.4) is 0 Å². The molecule has 0 bridgehead atoms. The maximum Gasteiger partial charge on any atom is 0.121 e. The molecule has 1 N–H and O–H groups in total. The van der Waals surface area contributed by atoms with Crippen LogP contribution in [0, 0.1) is 0 Å². The summed E-state index contributed by atoms with van der Waals surface area (Å²) in [4.78, 5) is 2.16. The van der Waals surface area contributed by atoms with Crippen molar-refractivity contribution in [2.24, 2.45) is 0 Å². The second-order valence-electron chi connectivity index (χ2n) is 4.41. The van der Waals surface area contributed by atoms with E-state index < -0.39 is 12.4 Å². The van der Waals surface area contributed by atoms with E-state index in [2.05, 4.69) is 4.90 Å². The van der Waals surface area contributed by atoms with Gasteiger partial charge < -0.3 is 9.84 Å². The van der Waals surface area contributed by atoms with Crippen LogP contribution in [0.2, 0.25) is 0 Å². The van der Waals surface area contributed by atoms with Crippen LogP contribution >= 0.6 is 0 Å². The molecular weight excluding hydrogens is 197 g/mol. The van der Waals surface area contributed by atoms with Gasteiger partial charge in [0.05, 0.1) is 13.2 Å². The summed E-state index contributed by atoms with van der Waals surface area (Å²) in [5.74, 6) is -0.448. The van der Waals surface area contributed by atoms with Gasteiger partial charge in [-0.3, -0.25) is 4.90 Å². The molecule has 1 aliphatic heterocycles. The second-order valence-corrected chi connectivity index (χ2v) is 4.41. The Morgan fingerprint density at radius 2 is 2.33 bits per heavy atom. The average Bonchev–Trinajstić information content (AvgIpc) is 2.44. The number of rotatable bonds is 4. The van der Waals surface area contributed by atoms with Gasteiger partial charge in [0.15, 0.2) is 0 Å². The van der Waals surface area contributed by atoms with Gasteiger partial charge in [0.2, 0.25) is 0 Å². The Bertz CT molecular complexity index is 241. The van der Waals surface area contributed by atoms with Crippen molar-refractivity contribution in [2.45, 2.75) is 38.5 Å². The molecule has 0 saturated carbocycles. The molecule has 1 aliphatic rings. The minimum absolute atomic E-state index is 0.218. The molecule has 1 heterocycles. The molecular formula is C11H20FNO2. The molecule has 4 heteroatoms. The highest BCUT2D eigenvalue weighted by molar-refractivity contribution is 4.93. The van der Waals surface area contributed by atoms with E-state index in [9.17, 15) is 4.39 Å². The van der Waals surface area contributed by atoms with Crippen molar-refractivity contribution in [1.82, 2.24) is 4.90 Å². The van der Waals surface area contributed by atoms with Crippen molar-refractivity contribution in [3.05, 3.63) is 11.9 Å². The molecule has 15 heavy (non-hydrogen) atoms. The Kier molecular flexibility index (Phi) is 4.25. The van der Waals surface area contributed by atoms with Crippen LogP contribution in [-0.2, 0) is 4.74 Å². The van der Waals surface area contributed by atoms with E-state index >= 15 is 0 Å². The molecule has 1 saturated heterocycles. The van der Waals surface area contributed by atoms with E-state index in [1.807, 2.05) is 20.9 Å². The molecule has 0 spiro atoms. The molecule has 0 aromatic rings. The van der Waals surface area contributed by atoms with Crippen molar-refractivity contribution in [3.63, 3.8) is 0 Å². The Balaban J connectivity index is 2.35. The molecule has 1 rings (SSSR count). The van der Waals surface area contributed by atoms with Crippen LogP contribution in [0.15, 0.2) is 11.9 Å². The number of allylic oxidation sites excluding steroid dienone is 1. The Hall–Kier alpha value is -0.450. The molecule has 0 aromatic carbocycles. The van der Waals surface area contributed by atoms with Gasteiger partial charge in [0.1, 0.15) is 11.6 Å². The lowest BCUT2D eigenvalue weighted by Gasteiger charge is -2.29. The van der Waals surface area contributed by atoms with Gasteiger partial charge in [-0.1, -0.05) is 6.08 Å². The Morgan fingerprint density at radius 1 is 1.67 bits per heavy atom. The maximum absolute atomic E-state index is 12.6. The van der Waals surface area contributed by atoms with E-state index in [1.165, 1.54) is 6.08 Å². The van der Waals surface area contributed by atoms with Crippen LogP contribution in [0.4, 0.5) is 4.39 Å². The molecule has 3 nitrogen and oxygen atoms in total. The van der Waals surface area contributed by atoms with E-state index in [0.717, 1.165) is 6.42 Å². The summed E-state index contributed by atoms with van der Waals surface area (Å²) in [6, 6.07) is 0.336. The van der Waals surface area contributed by atoms with Gasteiger partial charge >= 0.3 is 0 Å². The number of hydrogen-bond donors (Lipinski definition) is 1. The Labute approximate surface area is 90.5 Å². The van der Waals surface area contributed by atoms with Crippen LogP contribution in [0.25, 0.3) is 0 Å². The number of ether oxygens (including phenoxy) is 1. The number of aliphatic hydroxyl groups is 1. The number of likely N-dealkylation sites (N-methyl/N-ethyl adjacent to an activating group) is 1. The van der Waals surface area contributed by atoms with Crippen LogP contribution in [0.5, 0.6) is 0 Å². The monoisotopic (exact) mass is 217 g/mol. The summed E-state index contributed by atoms with van der Waals surface area (Å²) >= 11 is 0. The maximum atomic E-state index is 12.6. The zero-order valence-corrected chi connectivity index (χ0v) is 9.66. The standard InChI is InChI=1S/C11H20FNO2/c1-11(2)13(3)10(8-15-11)6-4-5-9(12)7-14/h5,10,14H,4,6-8H2,1-3H3/b9-5-/t10-/m0/s1. The predicted molar refractivity (Wildman–Crippen MR) is 57.1 cm³/mol. The van der Waals surface area contributed by atoms with E-state index in [-0.39, 0.29) is 5.72 Å². The minimum atomic E-state index is -0.498. The van der Waals surface area contributed by atoms with Gasteiger partial charge in [-0.05, 0) is 33.7 Å². The first-order valence-electron chi connectivity index (χ1n) is 5.29. The molecule has 0 amide bonds. The fourth-order valence-electron chi connectivity index (χ4n) is 1.73. The smallest absolute Gasteiger partial charge is 0.121 e. The van der Waals surface area contributed by atoms with E-state index in [0.29, 0.717) is 19.1 Å². The zero-order valence-electron chi connectivity index (χ0n) is 9.66. The highest BCUT2D eigenvalue weighted by Crippen LogP contribution is 2.27. The largest absolute Gasteiger partial charge is 0.389 e. The lowest BCUT2D eigenvalue weighted by molar-refractivity contribution is -0.0414. The lowest BCUT2D eigenvalue weighted by Crippen LogP contribution is -2.40. The molecule has 0 aromatic heterocycles. The van der Waals surface area contributed by atoms with Gasteiger partial charge in [0, 0.05) is 6.04 Å². The SMILES string of the molecule is CN1[C@@H](CC/C=C(\F)CO)COC1(C)C. The van der Waals surface area contributed by atoms with Gasteiger partial charge in [0.25, 0.3) is 0 Å². The number of halogens is 1. The number of nitrogens with zero attached hydrogens (tertiary/aromatic N) is 1. The van der Waals surface area contributed by atoms with Gasteiger partial charge in [-0.2, -0.15) is 0 Å². The third-order valence-corrected chi connectivity index (χ3v) is 3.04. The third-order valence-electron chi connectivity index (χ3n) is 3.04. The lowest BCUT2D eigenvalue weighted by atomic mass is 10.1. The van der Waals surface area contributed by atoms with Crippen molar-refractivity contribution >= 4 is 0 Å². The highest BCUT2D eigenvalue weighted by Gasteiger charge is 2.36. The molecule has 88 valence electrons. The van der Waals surface area contributed by atoms with Gasteiger partial charge in [-0.25, -0.2) is 4.39 Å². The fourth-order valence-corrected chi connectivity index (χ4v) is 1.73. The topological polar surface area (TPSA) is 32.7 Å². The van der Waals surface area contributed by atoms with Crippen molar-refractivity contribution in [3.8, 4) is 0 Å². The van der Waals surface area contributed by atoms with Crippen LogP contribution in [-0.4, -0.2) is 42.0 Å². The second kappa shape index (κ2) is 5.05. The number of aliphatic hydroxyl groups excluding tert-OH is 1. The highest BCUT2D eigenvalue weighted by atomic mass is 19.1. The molecule has 0 aliphatic carbocycles. The normalized spacial score (nSPS) is 27.3. The third kappa shape index (κ3) is 3.26. The summed E-state index contributed by atoms with van der Waals surface area (Å²) in [6.07, 6.45) is 2.94. The van der Waals surface area contributed by atoms with Crippen molar-refractivity contribution in [1.29, 1.82) is 0 Å². The Morgan fingerprint density at radius 3 is 2.80 bits per heavy atom. The molecule has 0 radical (unpaired) electrons. The summed E-state index contributed by atoms with van der Waals surface area (Å²) in [6.45, 7) is 4.24. The molecule has 1 fully saturated rings. The summed E-state index contributed by atoms with van der Waals surface area (Å²) < 4.78 is 18.2. The molecule has 0 unspecified atom stereocenters. The van der Waals surface area contributed by atoms with Crippen LogP contribution < -0.4 is 0 Å². The first-order chi connectivity index (χ1) is 6.97. The average molecular weight is 217 g/mol. The fraction of sp³-hybridized carbons (Fsp3) is 0.818. The number of hydrogen-bond acceptors (Lipinski definition) is 3. The quantitative estimate of drug-likeness (QED) is 0.777. The summed E-state index contributed by atoms with van der Waals surface area (Å²) in [7, 11) is 2.02. The van der Waals surface area contributed by atoms with Crippen LogP contribution in [0.1, 0.15) is 26.7 Å². The first-order valence-corrected chi connectivity index (χ1v) is 5.29.